The van der Waals surface area contributed by atoms with Gasteiger partial charge in [-0.3, -0.25) is 4.79 Å². The lowest BCUT2D eigenvalue weighted by molar-refractivity contribution is -0.195. The summed E-state index contributed by atoms with van der Waals surface area (Å²) in [6.45, 7) is 2.83. The zero-order valence-corrected chi connectivity index (χ0v) is 9.60. The van der Waals surface area contributed by atoms with Crippen molar-refractivity contribution in [3.63, 3.8) is 0 Å². The second kappa shape index (κ2) is 5.24. The van der Waals surface area contributed by atoms with E-state index < -0.39 is 34.8 Å². The third-order valence-corrected chi connectivity index (χ3v) is 3.49. The Morgan fingerprint density at radius 3 is 2.19 bits per heavy atom. The van der Waals surface area contributed by atoms with Crippen LogP contribution in [0, 0.1) is 0 Å². The zero-order chi connectivity index (χ0) is 13.1. The fraction of sp³-hybridized carbons (Fsp3) is 0.875. The third kappa shape index (κ3) is 4.58. The van der Waals surface area contributed by atoms with Crippen LogP contribution in [-0.4, -0.2) is 45.0 Å². The molecular formula is C8H14F3NO3S. The van der Waals surface area contributed by atoms with Crippen LogP contribution < -0.4 is 5.73 Å². The molecule has 0 heterocycles. The quantitative estimate of drug-likeness (QED) is 0.683. The Labute approximate surface area is 95.0 Å². The summed E-state index contributed by atoms with van der Waals surface area (Å²) in [7, 11) is 0. The average molecular weight is 261 g/mol. The highest BCUT2D eigenvalue weighted by Crippen LogP contribution is 2.31. The van der Waals surface area contributed by atoms with Crippen LogP contribution in [0.2, 0.25) is 0 Å². The van der Waals surface area contributed by atoms with Crippen LogP contribution >= 0.6 is 11.8 Å². The molecule has 0 aliphatic carbocycles. The molecule has 0 aliphatic rings. The fourth-order valence-corrected chi connectivity index (χ4v) is 1.83. The summed E-state index contributed by atoms with van der Waals surface area (Å²) >= 11 is 0.674. The standard InChI is InChI=1S/C8H14F3NO3S/c1-7(2,5(12)6(14)15)16-3-4(13)8(9,10)11/h4-5,13H,3,12H2,1-2H3,(H,14,15)/t4?,5-/m0/s1. The molecule has 4 nitrogen and oxygen atoms in total. The number of aliphatic hydroxyl groups is 1. The first-order chi connectivity index (χ1) is 6.98. The highest BCUT2D eigenvalue weighted by molar-refractivity contribution is 8.00. The summed E-state index contributed by atoms with van der Waals surface area (Å²) in [6, 6.07) is -1.29. The first-order valence-corrected chi connectivity index (χ1v) is 5.34. The van der Waals surface area contributed by atoms with Crippen molar-refractivity contribution in [2.45, 2.75) is 36.9 Å². The van der Waals surface area contributed by atoms with Crippen molar-refractivity contribution in [1.29, 1.82) is 0 Å². The Balaban J connectivity index is 4.35. The van der Waals surface area contributed by atoms with Crippen LogP contribution in [0.5, 0.6) is 0 Å². The average Bonchev–Trinajstić information content (AvgIpc) is 2.11. The Bertz CT molecular complexity index is 257. The van der Waals surface area contributed by atoms with E-state index in [2.05, 4.69) is 0 Å². The van der Waals surface area contributed by atoms with Gasteiger partial charge >= 0.3 is 12.1 Å². The smallest absolute Gasteiger partial charge is 0.415 e. The van der Waals surface area contributed by atoms with E-state index in [0.717, 1.165) is 0 Å². The van der Waals surface area contributed by atoms with Gasteiger partial charge in [0.05, 0.1) is 0 Å². The summed E-state index contributed by atoms with van der Waals surface area (Å²) < 4.78 is 34.8. The van der Waals surface area contributed by atoms with E-state index >= 15 is 0 Å². The summed E-state index contributed by atoms with van der Waals surface area (Å²) in [5.74, 6) is -1.93. The van der Waals surface area contributed by atoms with Gasteiger partial charge in [-0.25, -0.2) is 0 Å². The predicted molar refractivity (Wildman–Crippen MR) is 54.2 cm³/mol. The molecule has 0 saturated heterocycles. The number of aliphatic carboxylic acids is 1. The van der Waals surface area contributed by atoms with Crippen LogP contribution in [0.4, 0.5) is 13.2 Å². The molecule has 0 bridgehead atoms. The number of hydrogen-bond donors (Lipinski definition) is 3. The molecule has 8 heteroatoms. The van der Waals surface area contributed by atoms with Crippen molar-refractivity contribution in [1.82, 2.24) is 0 Å². The monoisotopic (exact) mass is 261 g/mol. The van der Waals surface area contributed by atoms with Gasteiger partial charge in [0.15, 0.2) is 6.10 Å². The summed E-state index contributed by atoms with van der Waals surface area (Å²) in [4.78, 5) is 10.6. The number of carboxylic acids is 1. The predicted octanol–water partition coefficient (Wildman–Crippen LogP) is 0.833. The van der Waals surface area contributed by atoms with Gasteiger partial charge in [0.2, 0.25) is 0 Å². The molecule has 0 aromatic rings. The second-order valence-electron chi connectivity index (χ2n) is 3.79. The molecule has 0 amide bonds. The molecule has 2 atom stereocenters. The second-order valence-corrected chi connectivity index (χ2v) is 5.46. The summed E-state index contributed by atoms with van der Waals surface area (Å²) in [5.41, 5.74) is 5.31. The topological polar surface area (TPSA) is 83.5 Å². The lowest BCUT2D eigenvalue weighted by Gasteiger charge is -2.29. The highest BCUT2D eigenvalue weighted by Gasteiger charge is 2.41. The molecule has 0 spiro atoms. The van der Waals surface area contributed by atoms with Crippen molar-refractivity contribution >= 4 is 17.7 Å². The molecule has 96 valence electrons. The largest absolute Gasteiger partial charge is 0.480 e. The number of aliphatic hydroxyl groups excluding tert-OH is 1. The minimum absolute atomic E-state index is 0.641. The Morgan fingerprint density at radius 1 is 1.44 bits per heavy atom. The third-order valence-electron chi connectivity index (χ3n) is 2.01. The van der Waals surface area contributed by atoms with Crippen molar-refractivity contribution in [3.05, 3.63) is 0 Å². The number of rotatable bonds is 5. The molecule has 0 radical (unpaired) electrons. The van der Waals surface area contributed by atoms with Crippen LogP contribution in [0.3, 0.4) is 0 Å². The van der Waals surface area contributed by atoms with Gasteiger partial charge < -0.3 is 15.9 Å². The maximum atomic E-state index is 12.0. The molecule has 0 saturated carbocycles. The number of thioether (sulfide) groups is 1. The number of carbonyl (C=O) groups is 1. The molecule has 4 N–H and O–H groups in total. The lowest BCUT2D eigenvalue weighted by atomic mass is 10.1. The normalized spacial score (nSPS) is 16.9. The van der Waals surface area contributed by atoms with Crippen LogP contribution in [0.25, 0.3) is 0 Å². The van der Waals surface area contributed by atoms with E-state index in [0.29, 0.717) is 11.8 Å². The Morgan fingerprint density at radius 2 is 1.88 bits per heavy atom. The minimum Gasteiger partial charge on any atom is -0.480 e. The van der Waals surface area contributed by atoms with E-state index in [-0.39, 0.29) is 0 Å². The summed E-state index contributed by atoms with van der Waals surface area (Å²) in [5, 5.41) is 17.4. The molecule has 16 heavy (non-hydrogen) atoms. The first kappa shape index (κ1) is 15.5. The number of nitrogens with two attached hydrogens (primary N) is 1. The summed E-state index contributed by atoms with van der Waals surface area (Å²) in [6.07, 6.45) is -7.17. The molecular weight excluding hydrogens is 247 g/mol. The van der Waals surface area contributed by atoms with Gasteiger partial charge in [-0.05, 0) is 13.8 Å². The maximum Gasteiger partial charge on any atom is 0.415 e. The van der Waals surface area contributed by atoms with Gasteiger partial charge in [0.25, 0.3) is 0 Å². The number of halogens is 3. The van der Waals surface area contributed by atoms with E-state index in [1.165, 1.54) is 13.8 Å². The van der Waals surface area contributed by atoms with Gasteiger partial charge in [-0.2, -0.15) is 24.9 Å². The van der Waals surface area contributed by atoms with Crippen molar-refractivity contribution in [2.24, 2.45) is 5.73 Å². The van der Waals surface area contributed by atoms with E-state index in [1.807, 2.05) is 0 Å². The van der Waals surface area contributed by atoms with Gasteiger partial charge in [0, 0.05) is 10.5 Å². The fourth-order valence-electron chi connectivity index (χ4n) is 0.775. The molecule has 0 aliphatic heterocycles. The molecule has 0 fully saturated rings. The SMILES string of the molecule is CC(C)(SCC(O)C(F)(F)F)[C@@H](N)C(=O)O. The van der Waals surface area contributed by atoms with Crippen molar-refractivity contribution < 1.29 is 28.2 Å². The van der Waals surface area contributed by atoms with Gasteiger partial charge in [-0.15, -0.1) is 0 Å². The zero-order valence-electron chi connectivity index (χ0n) is 8.78. The number of alkyl halides is 3. The van der Waals surface area contributed by atoms with E-state index in [9.17, 15) is 18.0 Å². The Kier molecular flexibility index (Phi) is 5.09. The van der Waals surface area contributed by atoms with E-state index in [1.54, 1.807) is 0 Å². The molecule has 0 aromatic carbocycles. The van der Waals surface area contributed by atoms with Crippen molar-refractivity contribution in [3.8, 4) is 0 Å². The Hall–Kier alpha value is -0.470. The highest BCUT2D eigenvalue weighted by atomic mass is 32.2. The molecule has 0 aromatic heterocycles. The van der Waals surface area contributed by atoms with E-state index in [4.69, 9.17) is 15.9 Å². The first-order valence-electron chi connectivity index (χ1n) is 4.35. The van der Waals surface area contributed by atoms with Crippen LogP contribution in [0.1, 0.15) is 13.8 Å². The lowest BCUT2D eigenvalue weighted by Crippen LogP contribution is -2.47. The van der Waals surface area contributed by atoms with Crippen LogP contribution in [-0.2, 0) is 4.79 Å². The van der Waals surface area contributed by atoms with Crippen molar-refractivity contribution in [2.75, 3.05) is 5.75 Å². The minimum atomic E-state index is -4.70. The molecule has 0 rings (SSSR count). The van der Waals surface area contributed by atoms with Gasteiger partial charge in [0.1, 0.15) is 6.04 Å². The number of hydrogen-bond acceptors (Lipinski definition) is 4. The maximum absolute atomic E-state index is 12.0. The molecule has 1 unspecified atom stereocenters. The van der Waals surface area contributed by atoms with Gasteiger partial charge in [-0.1, -0.05) is 0 Å². The van der Waals surface area contributed by atoms with Crippen LogP contribution in [0.15, 0.2) is 0 Å². The number of carboxylic acid groups (broad SMARTS) is 1.